The number of nitrogen functional groups attached to an aromatic ring is 1. The second kappa shape index (κ2) is 4.54. The van der Waals surface area contributed by atoms with E-state index in [4.69, 9.17) is 16.2 Å². The summed E-state index contributed by atoms with van der Waals surface area (Å²) in [6.07, 6.45) is 2.60. The van der Waals surface area contributed by atoms with E-state index in [-0.39, 0.29) is 23.7 Å². The van der Waals surface area contributed by atoms with Gasteiger partial charge in [-0.2, -0.15) is 4.98 Å². The van der Waals surface area contributed by atoms with Gasteiger partial charge in [-0.05, 0) is 19.3 Å². The first-order chi connectivity index (χ1) is 8.06. The molecule has 1 aromatic rings. The van der Waals surface area contributed by atoms with E-state index in [1.807, 2.05) is 0 Å². The van der Waals surface area contributed by atoms with Crippen LogP contribution >= 0.6 is 0 Å². The van der Waals surface area contributed by atoms with E-state index in [2.05, 4.69) is 4.98 Å². The van der Waals surface area contributed by atoms with Gasteiger partial charge in [-0.3, -0.25) is 10.1 Å². The van der Waals surface area contributed by atoms with Crippen LogP contribution in [0.3, 0.4) is 0 Å². The van der Waals surface area contributed by atoms with Crippen LogP contribution in [0.2, 0.25) is 0 Å². The number of pyridine rings is 1. The minimum Gasteiger partial charge on any atom is -0.474 e. The van der Waals surface area contributed by atoms with Gasteiger partial charge in [-0.1, -0.05) is 0 Å². The van der Waals surface area contributed by atoms with Gasteiger partial charge in [0, 0.05) is 18.2 Å². The molecule has 2 rings (SSSR count). The molecule has 7 nitrogen and oxygen atoms in total. The highest BCUT2D eigenvalue weighted by atomic mass is 16.6. The fourth-order valence-corrected chi connectivity index (χ4v) is 1.92. The lowest BCUT2D eigenvalue weighted by molar-refractivity contribution is -0.384. The third kappa shape index (κ3) is 2.62. The Labute approximate surface area is 97.9 Å². The van der Waals surface area contributed by atoms with Crippen LogP contribution in [-0.4, -0.2) is 22.1 Å². The summed E-state index contributed by atoms with van der Waals surface area (Å²) in [6.45, 7) is 0. The molecule has 0 saturated heterocycles. The van der Waals surface area contributed by atoms with Crippen LogP contribution in [0.25, 0.3) is 0 Å². The zero-order chi connectivity index (χ0) is 12.4. The standard InChI is InChI=1S/C10H14N4O3/c11-6-1-2-7(5-6)17-9-4-3-8(14(15)16)10(12)13-9/h3-4,6-7H,1-2,5,11H2,(H2,12,13). The van der Waals surface area contributed by atoms with Crippen LogP contribution in [0.5, 0.6) is 5.88 Å². The number of hydrogen-bond acceptors (Lipinski definition) is 6. The normalized spacial score (nSPS) is 23.6. The Morgan fingerprint density at radius 3 is 2.76 bits per heavy atom. The summed E-state index contributed by atoms with van der Waals surface area (Å²) in [7, 11) is 0. The fourth-order valence-electron chi connectivity index (χ4n) is 1.92. The quantitative estimate of drug-likeness (QED) is 0.594. The molecule has 1 saturated carbocycles. The molecule has 92 valence electrons. The summed E-state index contributed by atoms with van der Waals surface area (Å²) < 4.78 is 5.57. The number of nitro groups is 1. The summed E-state index contributed by atoms with van der Waals surface area (Å²) in [5.41, 5.74) is 11.0. The molecule has 2 unspecified atom stereocenters. The largest absolute Gasteiger partial charge is 0.474 e. The first kappa shape index (κ1) is 11.6. The Hall–Kier alpha value is -1.89. The summed E-state index contributed by atoms with van der Waals surface area (Å²) in [6, 6.07) is 2.92. The van der Waals surface area contributed by atoms with Crippen LogP contribution in [-0.2, 0) is 0 Å². The summed E-state index contributed by atoms with van der Waals surface area (Å²) in [5.74, 6) is 0.182. The molecule has 0 aliphatic heterocycles. The molecule has 4 N–H and O–H groups in total. The van der Waals surface area contributed by atoms with E-state index >= 15 is 0 Å². The van der Waals surface area contributed by atoms with E-state index in [9.17, 15) is 10.1 Å². The van der Waals surface area contributed by atoms with Gasteiger partial charge < -0.3 is 16.2 Å². The van der Waals surface area contributed by atoms with E-state index in [0.717, 1.165) is 19.3 Å². The predicted molar refractivity (Wildman–Crippen MR) is 61.5 cm³/mol. The molecule has 0 radical (unpaired) electrons. The lowest BCUT2D eigenvalue weighted by atomic mass is 10.3. The van der Waals surface area contributed by atoms with Crippen LogP contribution in [0.4, 0.5) is 11.5 Å². The fraction of sp³-hybridized carbons (Fsp3) is 0.500. The Balaban J connectivity index is 2.07. The van der Waals surface area contributed by atoms with Gasteiger partial charge in [0.1, 0.15) is 6.10 Å². The minimum atomic E-state index is -0.572. The number of ether oxygens (including phenoxy) is 1. The second-order valence-corrected chi connectivity index (χ2v) is 4.12. The third-order valence-electron chi connectivity index (χ3n) is 2.79. The number of aromatic nitrogens is 1. The summed E-state index contributed by atoms with van der Waals surface area (Å²) >= 11 is 0. The van der Waals surface area contributed by atoms with E-state index in [1.54, 1.807) is 0 Å². The van der Waals surface area contributed by atoms with Crippen molar-refractivity contribution in [2.45, 2.75) is 31.4 Å². The Morgan fingerprint density at radius 1 is 1.47 bits per heavy atom. The van der Waals surface area contributed by atoms with Crippen molar-refractivity contribution in [1.29, 1.82) is 0 Å². The van der Waals surface area contributed by atoms with Crippen LogP contribution < -0.4 is 16.2 Å². The number of hydrogen-bond donors (Lipinski definition) is 2. The average Bonchev–Trinajstić information content (AvgIpc) is 2.63. The maximum Gasteiger partial charge on any atom is 0.311 e. The number of rotatable bonds is 3. The van der Waals surface area contributed by atoms with Crippen LogP contribution in [0.15, 0.2) is 12.1 Å². The van der Waals surface area contributed by atoms with Crippen molar-refractivity contribution in [1.82, 2.24) is 4.98 Å². The second-order valence-electron chi connectivity index (χ2n) is 4.12. The van der Waals surface area contributed by atoms with Crippen LogP contribution in [0.1, 0.15) is 19.3 Å². The molecule has 1 aromatic heterocycles. The number of anilines is 1. The SMILES string of the molecule is Nc1nc(OC2CCC(N)C2)ccc1[N+](=O)[O-]. The van der Waals surface area contributed by atoms with Gasteiger partial charge >= 0.3 is 5.69 Å². The highest BCUT2D eigenvalue weighted by Crippen LogP contribution is 2.26. The zero-order valence-electron chi connectivity index (χ0n) is 9.20. The lowest BCUT2D eigenvalue weighted by Crippen LogP contribution is -2.19. The maximum absolute atomic E-state index is 10.5. The van der Waals surface area contributed by atoms with Crippen LogP contribution in [0, 0.1) is 10.1 Å². The molecule has 0 bridgehead atoms. The first-order valence-electron chi connectivity index (χ1n) is 5.39. The maximum atomic E-state index is 10.5. The number of nitrogens with two attached hydrogens (primary N) is 2. The van der Waals surface area contributed by atoms with Gasteiger partial charge in [0.25, 0.3) is 0 Å². The average molecular weight is 238 g/mol. The van der Waals surface area contributed by atoms with E-state index < -0.39 is 4.92 Å². The molecule has 7 heteroatoms. The number of nitrogens with zero attached hydrogens (tertiary/aromatic N) is 2. The molecule has 2 atom stereocenters. The van der Waals surface area contributed by atoms with Crippen molar-refractivity contribution in [3.63, 3.8) is 0 Å². The zero-order valence-corrected chi connectivity index (χ0v) is 9.20. The topological polar surface area (TPSA) is 117 Å². The smallest absolute Gasteiger partial charge is 0.311 e. The van der Waals surface area contributed by atoms with E-state index in [1.165, 1.54) is 12.1 Å². The highest BCUT2D eigenvalue weighted by Gasteiger charge is 2.24. The first-order valence-corrected chi connectivity index (χ1v) is 5.39. The molecule has 0 amide bonds. The van der Waals surface area contributed by atoms with Crippen molar-refractivity contribution in [2.75, 3.05) is 5.73 Å². The van der Waals surface area contributed by atoms with Crippen molar-refractivity contribution in [2.24, 2.45) is 5.73 Å². The predicted octanol–water partition coefficient (Wildman–Crippen LogP) is 0.831. The van der Waals surface area contributed by atoms with Crippen molar-refractivity contribution in [3.05, 3.63) is 22.2 Å². The van der Waals surface area contributed by atoms with Crippen molar-refractivity contribution < 1.29 is 9.66 Å². The van der Waals surface area contributed by atoms with Crippen molar-refractivity contribution in [3.8, 4) is 5.88 Å². The Morgan fingerprint density at radius 2 is 2.24 bits per heavy atom. The molecule has 1 aliphatic carbocycles. The van der Waals surface area contributed by atoms with E-state index in [0.29, 0.717) is 5.88 Å². The van der Waals surface area contributed by atoms with Gasteiger partial charge in [-0.15, -0.1) is 0 Å². The molecule has 0 spiro atoms. The highest BCUT2D eigenvalue weighted by molar-refractivity contribution is 5.53. The van der Waals surface area contributed by atoms with Gasteiger partial charge in [0.15, 0.2) is 0 Å². The van der Waals surface area contributed by atoms with Gasteiger partial charge in [-0.25, -0.2) is 0 Å². The molecule has 17 heavy (non-hydrogen) atoms. The van der Waals surface area contributed by atoms with Crippen molar-refractivity contribution >= 4 is 11.5 Å². The lowest BCUT2D eigenvalue weighted by Gasteiger charge is -2.12. The minimum absolute atomic E-state index is 0.0263. The molecule has 1 fully saturated rings. The third-order valence-corrected chi connectivity index (χ3v) is 2.79. The summed E-state index contributed by atoms with van der Waals surface area (Å²) in [5, 5.41) is 10.5. The monoisotopic (exact) mass is 238 g/mol. The van der Waals surface area contributed by atoms with Gasteiger partial charge in [0.2, 0.25) is 11.7 Å². The molecule has 0 aromatic carbocycles. The molecular formula is C10H14N4O3. The molecule has 1 aliphatic rings. The molecular weight excluding hydrogens is 224 g/mol. The summed E-state index contributed by atoms with van der Waals surface area (Å²) in [4.78, 5) is 13.8. The molecule has 1 heterocycles. The van der Waals surface area contributed by atoms with Gasteiger partial charge in [0.05, 0.1) is 4.92 Å². The Kier molecular flexibility index (Phi) is 3.10. The Bertz CT molecular complexity index is 438.